The lowest BCUT2D eigenvalue weighted by Crippen LogP contribution is -2.27. The summed E-state index contributed by atoms with van der Waals surface area (Å²) >= 11 is 0. The second-order valence-corrected chi connectivity index (χ2v) is 4.27. The third-order valence-corrected chi connectivity index (χ3v) is 3.47. The van der Waals surface area contributed by atoms with Gasteiger partial charge in [0.25, 0.3) is 0 Å². The Balaban J connectivity index is 2.23. The van der Waals surface area contributed by atoms with Gasteiger partial charge in [-0.25, -0.2) is 0 Å². The van der Waals surface area contributed by atoms with Gasteiger partial charge in [-0.15, -0.1) is 5.41 Å². The molecular formula is C14H19O-. The fourth-order valence-electron chi connectivity index (χ4n) is 2.27. The molecule has 0 amide bonds. The molecule has 1 aromatic carbocycles. The van der Waals surface area contributed by atoms with Gasteiger partial charge in [-0.1, -0.05) is 62.6 Å². The summed E-state index contributed by atoms with van der Waals surface area (Å²) in [6, 6.07) is 10.8. The number of hydrogen-bond acceptors (Lipinski definition) is 1. The smallest absolute Gasteiger partial charge is 0.0417 e. The van der Waals surface area contributed by atoms with Crippen LogP contribution in [0, 0.1) is 6.42 Å². The van der Waals surface area contributed by atoms with Crippen LogP contribution in [0.1, 0.15) is 32.3 Å². The second-order valence-electron chi connectivity index (χ2n) is 4.27. The van der Waals surface area contributed by atoms with Crippen LogP contribution in [0.25, 0.3) is 0 Å². The molecular weight excluding hydrogens is 184 g/mol. The van der Waals surface area contributed by atoms with Gasteiger partial charge in [-0.05, 0) is 6.10 Å². The largest absolute Gasteiger partial charge is 0.408 e. The monoisotopic (exact) mass is 203 g/mol. The Labute approximate surface area is 92.5 Å². The van der Waals surface area contributed by atoms with E-state index in [1.54, 1.807) is 0 Å². The lowest BCUT2D eigenvalue weighted by molar-refractivity contribution is 0.373. The van der Waals surface area contributed by atoms with Crippen LogP contribution in [-0.4, -0.2) is 12.7 Å². The minimum atomic E-state index is 0.211. The molecule has 1 aliphatic heterocycles. The van der Waals surface area contributed by atoms with Crippen molar-refractivity contribution in [3.05, 3.63) is 42.3 Å². The average molecular weight is 203 g/mol. The van der Waals surface area contributed by atoms with Gasteiger partial charge in [0, 0.05) is 6.61 Å². The van der Waals surface area contributed by atoms with Crippen molar-refractivity contribution in [2.45, 2.75) is 38.2 Å². The predicted molar refractivity (Wildman–Crippen MR) is 62.7 cm³/mol. The van der Waals surface area contributed by atoms with E-state index in [-0.39, 0.29) is 5.41 Å². The molecule has 0 radical (unpaired) electrons. The number of epoxide rings is 1. The molecule has 2 rings (SSSR count). The Hall–Kier alpha value is -0.820. The fraction of sp³-hybridized carbons (Fsp3) is 0.500. The van der Waals surface area contributed by atoms with Gasteiger partial charge in [0.2, 0.25) is 0 Å². The highest BCUT2D eigenvalue weighted by Gasteiger charge is 2.26. The minimum Gasteiger partial charge on any atom is -0.408 e. The molecule has 1 saturated heterocycles. The van der Waals surface area contributed by atoms with E-state index in [2.05, 4.69) is 50.6 Å². The quantitative estimate of drug-likeness (QED) is 0.528. The van der Waals surface area contributed by atoms with E-state index in [1.807, 2.05) is 0 Å². The van der Waals surface area contributed by atoms with E-state index < -0.39 is 0 Å². The van der Waals surface area contributed by atoms with Crippen LogP contribution in [0.5, 0.6) is 0 Å². The van der Waals surface area contributed by atoms with E-state index in [1.165, 1.54) is 5.56 Å². The first kappa shape index (κ1) is 10.7. The average Bonchev–Trinajstić information content (AvgIpc) is 3.11. The molecule has 0 bridgehead atoms. The fourth-order valence-corrected chi connectivity index (χ4v) is 2.27. The Kier molecular flexibility index (Phi) is 3.11. The first-order valence-electron chi connectivity index (χ1n) is 5.84. The lowest BCUT2D eigenvalue weighted by atomic mass is 9.72. The van der Waals surface area contributed by atoms with E-state index >= 15 is 0 Å². The van der Waals surface area contributed by atoms with Gasteiger partial charge in [0.15, 0.2) is 0 Å². The first-order chi connectivity index (χ1) is 7.30. The summed E-state index contributed by atoms with van der Waals surface area (Å²) in [6.45, 7) is 5.43. The van der Waals surface area contributed by atoms with Gasteiger partial charge in [0.05, 0.1) is 0 Å². The van der Waals surface area contributed by atoms with E-state index in [0.29, 0.717) is 6.10 Å². The molecule has 1 aliphatic rings. The van der Waals surface area contributed by atoms with Crippen molar-refractivity contribution in [1.82, 2.24) is 0 Å². The molecule has 0 spiro atoms. The summed E-state index contributed by atoms with van der Waals surface area (Å²) in [4.78, 5) is 0. The maximum atomic E-state index is 5.33. The zero-order valence-corrected chi connectivity index (χ0v) is 9.57. The van der Waals surface area contributed by atoms with Crippen LogP contribution >= 0.6 is 0 Å². The molecule has 1 aromatic rings. The highest BCUT2D eigenvalue weighted by atomic mass is 16.6. The first-order valence-corrected chi connectivity index (χ1v) is 5.84. The minimum absolute atomic E-state index is 0.211. The van der Waals surface area contributed by atoms with Gasteiger partial charge in [-0.3, -0.25) is 6.42 Å². The van der Waals surface area contributed by atoms with E-state index in [0.717, 1.165) is 19.4 Å². The molecule has 0 saturated carbocycles. The molecule has 1 fully saturated rings. The van der Waals surface area contributed by atoms with Gasteiger partial charge in [-0.2, -0.15) is 0 Å². The number of ether oxygens (including phenoxy) is 1. The van der Waals surface area contributed by atoms with Gasteiger partial charge < -0.3 is 4.74 Å². The summed E-state index contributed by atoms with van der Waals surface area (Å²) in [5, 5.41) is 0. The Morgan fingerprint density at radius 2 is 1.87 bits per heavy atom. The summed E-state index contributed by atoms with van der Waals surface area (Å²) < 4.78 is 5.33. The molecule has 0 aliphatic carbocycles. The molecule has 0 N–H and O–H groups in total. The number of hydrogen-bond donors (Lipinski definition) is 0. The predicted octanol–water partition coefficient (Wildman–Crippen LogP) is 3.35. The van der Waals surface area contributed by atoms with Crippen molar-refractivity contribution in [2.24, 2.45) is 0 Å². The molecule has 0 aromatic heterocycles. The molecule has 1 heterocycles. The topological polar surface area (TPSA) is 12.5 Å². The van der Waals surface area contributed by atoms with Crippen molar-refractivity contribution in [3.8, 4) is 0 Å². The molecule has 82 valence electrons. The standard InChI is InChI=1S/C14H19O/c1-3-14(4-2,10-13-11-15-13)12-8-6-5-7-9-12/h5-10,13H,3-4,11H2,1-2H3/q-1. The Morgan fingerprint density at radius 3 is 2.33 bits per heavy atom. The summed E-state index contributed by atoms with van der Waals surface area (Å²) in [5.41, 5.74) is 1.63. The molecule has 15 heavy (non-hydrogen) atoms. The Morgan fingerprint density at radius 1 is 1.27 bits per heavy atom. The van der Waals surface area contributed by atoms with E-state index in [9.17, 15) is 0 Å². The van der Waals surface area contributed by atoms with Crippen LogP contribution in [0.3, 0.4) is 0 Å². The summed E-state index contributed by atoms with van der Waals surface area (Å²) in [7, 11) is 0. The van der Waals surface area contributed by atoms with Crippen molar-refractivity contribution < 1.29 is 4.74 Å². The van der Waals surface area contributed by atoms with Crippen LogP contribution < -0.4 is 0 Å². The zero-order valence-electron chi connectivity index (χ0n) is 9.57. The third kappa shape index (κ3) is 2.23. The lowest BCUT2D eigenvalue weighted by Gasteiger charge is -2.41. The second kappa shape index (κ2) is 4.36. The normalized spacial score (nSPS) is 20.3. The van der Waals surface area contributed by atoms with E-state index in [4.69, 9.17) is 4.74 Å². The van der Waals surface area contributed by atoms with Crippen molar-refractivity contribution in [3.63, 3.8) is 0 Å². The SMILES string of the molecule is CCC([CH-]C1CO1)(CC)c1ccccc1. The van der Waals surface area contributed by atoms with Crippen molar-refractivity contribution >= 4 is 0 Å². The molecule has 1 atom stereocenters. The van der Waals surface area contributed by atoms with Crippen molar-refractivity contribution in [1.29, 1.82) is 0 Å². The van der Waals surface area contributed by atoms with Crippen LogP contribution in [0.2, 0.25) is 0 Å². The van der Waals surface area contributed by atoms with Crippen LogP contribution in [0.15, 0.2) is 30.3 Å². The highest BCUT2D eigenvalue weighted by molar-refractivity contribution is 5.30. The molecule has 1 heteroatoms. The third-order valence-electron chi connectivity index (χ3n) is 3.47. The number of benzene rings is 1. The Bertz CT molecular complexity index is 296. The van der Waals surface area contributed by atoms with Crippen LogP contribution in [0.4, 0.5) is 0 Å². The maximum absolute atomic E-state index is 5.33. The van der Waals surface area contributed by atoms with Gasteiger partial charge in [0.1, 0.15) is 0 Å². The maximum Gasteiger partial charge on any atom is 0.0417 e. The molecule has 1 nitrogen and oxygen atoms in total. The van der Waals surface area contributed by atoms with Crippen molar-refractivity contribution in [2.75, 3.05) is 6.61 Å². The van der Waals surface area contributed by atoms with Crippen LogP contribution in [-0.2, 0) is 10.2 Å². The summed E-state index contributed by atoms with van der Waals surface area (Å²) in [5.74, 6) is 0. The highest BCUT2D eigenvalue weighted by Crippen LogP contribution is 2.38. The van der Waals surface area contributed by atoms with Gasteiger partial charge >= 0.3 is 0 Å². The zero-order chi connectivity index (χ0) is 10.7. The number of rotatable bonds is 5. The summed E-state index contributed by atoms with van der Waals surface area (Å²) in [6.07, 6.45) is 5.08. The molecule has 1 unspecified atom stereocenters.